The molecule has 32 nitrogen and oxygen atoms in total. The van der Waals surface area contributed by atoms with E-state index < -0.39 is 88.4 Å². The average Bonchev–Trinajstić information content (AvgIpc) is 3.80. The maximum absolute atomic E-state index is 12.1. The molecule has 0 heterocycles. The summed E-state index contributed by atoms with van der Waals surface area (Å²) in [6.07, 6.45) is -2.89. The van der Waals surface area contributed by atoms with Gasteiger partial charge in [-0.1, -0.05) is 97.1 Å². The van der Waals surface area contributed by atoms with Crippen molar-refractivity contribution >= 4 is 35.9 Å². The molecule has 2 aliphatic carbocycles. The number of fused-ring (bicyclic) bond motifs is 6. The number of carbonyl (C=O) groups is 6. The molecule has 0 aliphatic heterocycles. The van der Waals surface area contributed by atoms with Crippen molar-refractivity contribution in [3.63, 3.8) is 0 Å². The van der Waals surface area contributed by atoms with Gasteiger partial charge in [-0.15, -0.1) is 40.5 Å². The standard InChI is InChI=1S/C20H20N2O5.C19H18N2O5.2CH3NO4.2HNO3.2Y/c21-19(25)17(9-10-18(23)24)22-20(26)27-11-16-14-7-3-1-5-12(14)13-6-2-4-8-15(13)16;20-18(24)16(9-17(22)23)21-19(25)26-10-15-13-7-3-1-5-11(13)12-6-2-4-8-14(12)15;2*3-1-6-2(4)5;2*2-1(3)4;;/h1-8,16-17H,9-11H2,(H4,21,22,23,24,25,26);1-8,15-16H,9-10H2,(H4,20,21,22,23,24,25);2*3H,1H2;2*(H,2,3,4);;/p-2. The summed E-state index contributed by atoms with van der Waals surface area (Å²) in [6, 6.07) is 28.9. The molecular weight excluding hydrogens is 1170 g/mol. The summed E-state index contributed by atoms with van der Waals surface area (Å²) in [5.74, 6) is -4.87. The number of rotatable bonds is 17. The van der Waals surface area contributed by atoms with Crippen molar-refractivity contribution in [1.82, 2.24) is 10.6 Å². The number of hydrogen-bond acceptors (Lipinski definition) is 20. The quantitative estimate of drug-likeness (QED) is 0.0422. The van der Waals surface area contributed by atoms with Crippen molar-refractivity contribution < 1.29 is 165 Å². The summed E-state index contributed by atoms with van der Waals surface area (Å²) in [6.45, 7) is -1.61. The Bertz CT molecular complexity index is 2430. The number of carboxylic acid groups (broad SMARTS) is 2. The van der Waals surface area contributed by atoms with Gasteiger partial charge in [0.25, 0.3) is 20.3 Å². The third kappa shape index (κ3) is 26.7. The van der Waals surface area contributed by atoms with Crippen molar-refractivity contribution in [2.75, 3.05) is 26.8 Å². The van der Waals surface area contributed by atoms with Gasteiger partial charge in [0.2, 0.25) is 0 Å². The number of aliphatic hydroxyl groups is 2. The number of alkyl carbamates (subject to hydrolysis) is 2. The Kier molecular flexibility index (Phi) is 34.2. The summed E-state index contributed by atoms with van der Waals surface area (Å²) in [4.78, 5) is 109. The molecule has 6 rings (SSSR count). The van der Waals surface area contributed by atoms with Gasteiger partial charge in [-0.05, 0) is 50.9 Å². The molecule has 0 spiro atoms. The van der Waals surface area contributed by atoms with E-state index in [1.807, 2.05) is 97.1 Å². The fraction of sp³-hybridized carbons (Fsp3) is 0.268. The molecule has 4 aromatic rings. The molecular formula is C41H44N8O24Y2-2. The Hall–Kier alpha value is -7.77. The summed E-state index contributed by atoms with van der Waals surface area (Å²) in [7, 11) is 0. The van der Waals surface area contributed by atoms with Crippen LogP contribution in [0, 0.1) is 40.5 Å². The molecule has 0 aromatic heterocycles. The normalized spacial score (nSPS) is 11.3. The van der Waals surface area contributed by atoms with Gasteiger partial charge in [-0.25, -0.2) is 9.59 Å². The van der Waals surface area contributed by atoms with Crippen molar-refractivity contribution in [2.24, 2.45) is 0 Å². The number of aliphatic carboxylic acids is 2. The minimum absolute atomic E-state index is 0. The van der Waals surface area contributed by atoms with Crippen LogP contribution >= 0.6 is 0 Å². The summed E-state index contributed by atoms with van der Waals surface area (Å²) in [5, 5.41) is 80.2. The van der Waals surface area contributed by atoms with Gasteiger partial charge >= 0.3 is 24.1 Å². The van der Waals surface area contributed by atoms with Crippen LogP contribution in [0.4, 0.5) is 9.59 Å². The third-order valence-electron chi connectivity index (χ3n) is 9.26. The first-order valence-corrected chi connectivity index (χ1v) is 20.1. The van der Waals surface area contributed by atoms with Crippen LogP contribution in [0.3, 0.4) is 0 Å². The average molecular weight is 1210 g/mol. The molecule has 75 heavy (non-hydrogen) atoms. The number of carboxylic acids is 2. The molecule has 2 unspecified atom stereocenters. The van der Waals surface area contributed by atoms with Gasteiger partial charge in [0.05, 0.1) is 30.3 Å². The SMILES string of the molecule is O=[N+]([O-])O.O=[N+]([O-])O.O=[N+]([O-])OCO.O=[N+]([O-])OCO.[NH-]C(=O)C(CC(=O)O)NC(=O)OCC1c2ccccc2-c2ccccc21.[NH-]C(=O)C(CCC(=O)O)NC(=O)OCC1c2ccccc2-c2ccccc21.[Y].[Y]. The Morgan fingerprint density at radius 2 is 0.813 bits per heavy atom. The number of ether oxygens (including phenoxy) is 2. The van der Waals surface area contributed by atoms with Crippen LogP contribution in [0.15, 0.2) is 97.1 Å². The molecule has 0 bridgehead atoms. The van der Waals surface area contributed by atoms with Crippen LogP contribution in [-0.2, 0) is 104 Å². The zero-order chi connectivity index (χ0) is 55.2. The topological polar surface area (TPSA) is 505 Å². The Labute approximate surface area is 471 Å². The summed E-state index contributed by atoms with van der Waals surface area (Å²) < 4.78 is 10.5. The van der Waals surface area contributed by atoms with Gasteiger partial charge in [0.1, 0.15) is 13.2 Å². The predicted molar refractivity (Wildman–Crippen MR) is 240 cm³/mol. The van der Waals surface area contributed by atoms with E-state index in [0.29, 0.717) is 0 Å². The monoisotopic (exact) mass is 1210 g/mol. The van der Waals surface area contributed by atoms with Crippen molar-refractivity contribution in [3.8, 4) is 22.3 Å². The van der Waals surface area contributed by atoms with E-state index in [-0.39, 0.29) is 103 Å². The number of nitrogens with one attached hydrogen (secondary N) is 4. The van der Waals surface area contributed by atoms with E-state index >= 15 is 0 Å². The minimum Gasteiger partial charge on any atom is -0.666 e. The Morgan fingerprint density at radius 3 is 1.04 bits per heavy atom. The number of nitrogens with zero attached hydrogens (tertiary/aromatic N) is 4. The third-order valence-corrected chi connectivity index (χ3v) is 9.26. The Balaban J connectivity index is 0. The van der Waals surface area contributed by atoms with Crippen molar-refractivity contribution in [2.45, 2.75) is 43.2 Å². The van der Waals surface area contributed by atoms with E-state index in [0.717, 1.165) is 44.5 Å². The largest absolute Gasteiger partial charge is 0.666 e. The predicted octanol–water partition coefficient (Wildman–Crippen LogP) is 3.87. The van der Waals surface area contributed by atoms with Crippen LogP contribution in [0.2, 0.25) is 0 Å². The fourth-order valence-electron chi connectivity index (χ4n) is 6.58. The second kappa shape index (κ2) is 37.0. The first-order chi connectivity index (χ1) is 34.4. The smallest absolute Gasteiger partial charge is 0.407 e. The molecule has 0 fully saturated rings. The van der Waals surface area contributed by atoms with Gasteiger partial charge < -0.3 is 72.0 Å². The molecule has 2 aliphatic rings. The number of aliphatic hydroxyl groups excluding tert-OH is 2. The second-order valence-corrected chi connectivity index (χ2v) is 13.7. The van der Waals surface area contributed by atoms with E-state index in [1.165, 1.54) is 0 Å². The maximum Gasteiger partial charge on any atom is 0.407 e. The van der Waals surface area contributed by atoms with Crippen molar-refractivity contribution in [1.29, 1.82) is 0 Å². The zero-order valence-electron chi connectivity index (χ0n) is 38.5. The first-order valence-electron chi connectivity index (χ1n) is 20.1. The molecule has 4 aromatic carbocycles. The van der Waals surface area contributed by atoms with E-state index in [1.54, 1.807) is 0 Å². The molecule has 4 amide bonds. The molecule has 0 saturated heterocycles. The van der Waals surface area contributed by atoms with Gasteiger partial charge in [0.15, 0.2) is 13.6 Å². The zero-order valence-corrected chi connectivity index (χ0v) is 44.1. The van der Waals surface area contributed by atoms with E-state index in [4.69, 9.17) is 92.2 Å². The van der Waals surface area contributed by atoms with Gasteiger partial charge in [0, 0.05) is 83.7 Å². The van der Waals surface area contributed by atoms with E-state index in [2.05, 4.69) is 20.3 Å². The maximum atomic E-state index is 12.1. The first kappa shape index (κ1) is 69.3. The van der Waals surface area contributed by atoms with Crippen LogP contribution < -0.4 is 10.6 Å². The number of amides is 4. The summed E-state index contributed by atoms with van der Waals surface area (Å²) in [5.41, 5.74) is 22.8. The summed E-state index contributed by atoms with van der Waals surface area (Å²) >= 11 is 0. The van der Waals surface area contributed by atoms with Crippen LogP contribution in [0.1, 0.15) is 53.4 Å². The van der Waals surface area contributed by atoms with Crippen LogP contribution in [0.5, 0.6) is 0 Å². The van der Waals surface area contributed by atoms with Gasteiger partial charge in [-0.3, -0.25) is 19.3 Å². The fourth-order valence-corrected chi connectivity index (χ4v) is 6.58. The molecule has 2 atom stereocenters. The Morgan fingerprint density at radius 1 is 0.533 bits per heavy atom. The molecule has 10 N–H and O–H groups in total. The molecule has 0 saturated carbocycles. The molecule has 34 heteroatoms. The number of hydrogen-bond donors (Lipinski definition) is 8. The molecule has 2 radical (unpaired) electrons. The second-order valence-electron chi connectivity index (χ2n) is 13.7. The minimum atomic E-state index is -1.50. The van der Waals surface area contributed by atoms with Gasteiger partial charge in [-0.2, -0.15) is 0 Å². The van der Waals surface area contributed by atoms with Crippen LogP contribution in [0.25, 0.3) is 33.7 Å². The number of carbonyl (C=O) groups excluding carboxylic acids is 4. The van der Waals surface area contributed by atoms with Crippen molar-refractivity contribution in [3.05, 3.63) is 171 Å². The number of benzene rings is 4. The molecule has 400 valence electrons. The van der Waals surface area contributed by atoms with Crippen LogP contribution in [-0.4, -0.2) is 126 Å². The van der Waals surface area contributed by atoms with E-state index in [9.17, 15) is 28.8 Å².